The van der Waals surface area contributed by atoms with Crippen molar-refractivity contribution < 1.29 is 27.6 Å². The molecule has 112 valence electrons. The van der Waals surface area contributed by atoms with Crippen LogP contribution in [0.2, 0.25) is 0 Å². The van der Waals surface area contributed by atoms with E-state index >= 15 is 0 Å². The lowest BCUT2D eigenvalue weighted by molar-refractivity contribution is -0.199. The van der Waals surface area contributed by atoms with Crippen LogP contribution in [0.3, 0.4) is 0 Å². The summed E-state index contributed by atoms with van der Waals surface area (Å²) in [6.45, 7) is 0. The summed E-state index contributed by atoms with van der Waals surface area (Å²) in [6.07, 6.45) is -2.85. The van der Waals surface area contributed by atoms with Gasteiger partial charge in [-0.15, -0.1) is 0 Å². The van der Waals surface area contributed by atoms with E-state index < -0.39 is 29.7 Å². The Kier molecular flexibility index (Phi) is 3.32. The number of hydrogen-bond donors (Lipinski definition) is 2. The molecule has 4 amide bonds. The smallest absolute Gasteiger partial charge is 0.314 e. The standard InChI is InChI=1S/C11H9F3N4O3/c1-18-8(20)10(11(12,13)14,17-9(18)21)16-7(19)6-3-2-4-15-5-6/h2-5H,1H3,(H,16,19)(H,17,21)/t10-/m0/s1. The minimum atomic E-state index is -5.21. The second-order valence-corrected chi connectivity index (χ2v) is 4.24. The minimum absolute atomic E-state index is 0.183. The number of aromatic nitrogens is 1. The molecule has 0 radical (unpaired) electrons. The maximum Gasteiger partial charge on any atom is 0.440 e. The zero-order chi connectivity index (χ0) is 15.8. The summed E-state index contributed by atoms with van der Waals surface area (Å²) < 4.78 is 39.6. The Morgan fingerprint density at radius 2 is 2.10 bits per heavy atom. The summed E-state index contributed by atoms with van der Waals surface area (Å²) in [5, 5.41) is 3.00. The van der Waals surface area contributed by atoms with Crippen LogP contribution in [0.15, 0.2) is 24.5 Å². The monoisotopic (exact) mass is 302 g/mol. The third-order valence-electron chi connectivity index (χ3n) is 2.87. The third kappa shape index (κ3) is 2.28. The SMILES string of the molecule is CN1C(=O)N[C@](NC(=O)c2cccnc2)(C(F)(F)F)C1=O. The van der Waals surface area contributed by atoms with Crippen molar-refractivity contribution in [2.45, 2.75) is 11.8 Å². The van der Waals surface area contributed by atoms with Crippen LogP contribution in [0.1, 0.15) is 10.4 Å². The molecule has 1 aromatic rings. The maximum absolute atomic E-state index is 13.2. The first kappa shape index (κ1) is 14.8. The summed E-state index contributed by atoms with van der Waals surface area (Å²) in [7, 11) is 0.876. The predicted molar refractivity (Wildman–Crippen MR) is 61.8 cm³/mol. The number of urea groups is 1. The predicted octanol–water partition coefficient (Wildman–Crippen LogP) is 0.252. The minimum Gasteiger partial charge on any atom is -0.314 e. The lowest BCUT2D eigenvalue weighted by Crippen LogP contribution is -2.69. The number of nitrogens with zero attached hydrogens (tertiary/aromatic N) is 2. The van der Waals surface area contributed by atoms with E-state index in [1.807, 2.05) is 0 Å². The summed E-state index contributed by atoms with van der Waals surface area (Å²) in [5.41, 5.74) is -3.66. The summed E-state index contributed by atoms with van der Waals surface area (Å²) in [6, 6.07) is 1.30. The van der Waals surface area contributed by atoms with E-state index in [0.717, 1.165) is 13.2 Å². The second kappa shape index (κ2) is 4.72. The zero-order valence-corrected chi connectivity index (χ0v) is 10.6. The molecule has 21 heavy (non-hydrogen) atoms. The van der Waals surface area contributed by atoms with Crippen LogP contribution >= 0.6 is 0 Å². The Hall–Kier alpha value is -2.65. The molecule has 0 aliphatic carbocycles. The highest BCUT2D eigenvalue weighted by molar-refractivity contribution is 6.10. The lowest BCUT2D eigenvalue weighted by atomic mass is 10.1. The number of rotatable bonds is 2. The van der Waals surface area contributed by atoms with Gasteiger partial charge in [0.05, 0.1) is 5.56 Å². The van der Waals surface area contributed by atoms with Crippen molar-refractivity contribution in [2.24, 2.45) is 0 Å². The molecule has 1 atom stereocenters. The molecule has 1 fully saturated rings. The molecule has 1 aromatic heterocycles. The van der Waals surface area contributed by atoms with Crippen molar-refractivity contribution >= 4 is 17.8 Å². The topological polar surface area (TPSA) is 91.4 Å². The van der Waals surface area contributed by atoms with Gasteiger partial charge in [-0.25, -0.2) is 4.79 Å². The van der Waals surface area contributed by atoms with Gasteiger partial charge in [-0.1, -0.05) is 0 Å². The second-order valence-electron chi connectivity index (χ2n) is 4.24. The number of alkyl halides is 3. The van der Waals surface area contributed by atoms with Gasteiger partial charge in [-0.2, -0.15) is 13.2 Å². The van der Waals surface area contributed by atoms with Crippen LogP contribution in [-0.2, 0) is 4.79 Å². The molecule has 7 nitrogen and oxygen atoms in total. The fraction of sp³-hybridized carbons (Fsp3) is 0.273. The van der Waals surface area contributed by atoms with Crippen molar-refractivity contribution in [3.05, 3.63) is 30.1 Å². The third-order valence-corrected chi connectivity index (χ3v) is 2.87. The largest absolute Gasteiger partial charge is 0.440 e. The average Bonchev–Trinajstić information content (AvgIpc) is 2.64. The first-order chi connectivity index (χ1) is 9.69. The van der Waals surface area contributed by atoms with Gasteiger partial charge < -0.3 is 5.32 Å². The summed E-state index contributed by atoms with van der Waals surface area (Å²) in [5.74, 6) is -2.80. The number of nitrogens with one attached hydrogen (secondary N) is 2. The van der Waals surface area contributed by atoms with Crippen molar-refractivity contribution in [1.82, 2.24) is 20.5 Å². The van der Waals surface area contributed by atoms with Crippen LogP contribution in [0.5, 0.6) is 0 Å². The Morgan fingerprint density at radius 1 is 1.43 bits per heavy atom. The van der Waals surface area contributed by atoms with E-state index in [1.54, 1.807) is 0 Å². The Balaban J connectivity index is 2.38. The lowest BCUT2D eigenvalue weighted by Gasteiger charge is -2.29. The number of imide groups is 1. The first-order valence-electron chi connectivity index (χ1n) is 5.58. The number of halogens is 3. The molecular weight excluding hydrogens is 293 g/mol. The normalized spacial score (nSPS) is 22.2. The van der Waals surface area contributed by atoms with Crippen LogP contribution in [0.4, 0.5) is 18.0 Å². The van der Waals surface area contributed by atoms with Crippen molar-refractivity contribution in [3.63, 3.8) is 0 Å². The number of pyridine rings is 1. The molecule has 1 saturated heterocycles. The van der Waals surface area contributed by atoms with Gasteiger partial charge in [0, 0.05) is 19.4 Å². The van der Waals surface area contributed by atoms with Crippen LogP contribution in [0, 0.1) is 0 Å². The fourth-order valence-electron chi connectivity index (χ4n) is 1.73. The molecule has 1 aliphatic rings. The van der Waals surface area contributed by atoms with Gasteiger partial charge >= 0.3 is 12.2 Å². The Labute approximate surface area is 116 Å². The van der Waals surface area contributed by atoms with Crippen LogP contribution < -0.4 is 10.6 Å². The van der Waals surface area contributed by atoms with E-state index in [2.05, 4.69) is 4.98 Å². The van der Waals surface area contributed by atoms with Gasteiger partial charge in [0.1, 0.15) is 0 Å². The molecule has 0 bridgehead atoms. The molecule has 2 rings (SSSR count). The summed E-state index contributed by atoms with van der Waals surface area (Å²) in [4.78, 5) is 38.7. The average molecular weight is 302 g/mol. The van der Waals surface area contributed by atoms with Gasteiger partial charge in [-0.3, -0.25) is 24.8 Å². The van der Waals surface area contributed by atoms with E-state index in [9.17, 15) is 27.6 Å². The zero-order valence-electron chi connectivity index (χ0n) is 10.6. The van der Waals surface area contributed by atoms with Gasteiger partial charge in [0.15, 0.2) is 0 Å². The maximum atomic E-state index is 13.2. The van der Waals surface area contributed by atoms with E-state index in [0.29, 0.717) is 0 Å². The molecule has 0 aromatic carbocycles. The molecular formula is C11H9F3N4O3. The van der Waals surface area contributed by atoms with E-state index in [4.69, 9.17) is 0 Å². The molecule has 0 saturated carbocycles. The van der Waals surface area contributed by atoms with Crippen molar-refractivity contribution in [3.8, 4) is 0 Å². The number of hydrogen-bond acceptors (Lipinski definition) is 4. The molecule has 1 aliphatic heterocycles. The Morgan fingerprint density at radius 3 is 2.52 bits per heavy atom. The van der Waals surface area contributed by atoms with Crippen LogP contribution in [0.25, 0.3) is 0 Å². The number of amides is 4. The van der Waals surface area contributed by atoms with Gasteiger partial charge in [0.2, 0.25) is 0 Å². The Bertz CT molecular complexity index is 604. The van der Waals surface area contributed by atoms with Crippen LogP contribution in [-0.4, -0.2) is 46.6 Å². The number of carbonyl (C=O) groups excluding carboxylic acids is 3. The van der Waals surface area contributed by atoms with E-state index in [1.165, 1.54) is 29.0 Å². The molecule has 2 N–H and O–H groups in total. The highest BCUT2D eigenvalue weighted by Gasteiger charge is 2.68. The van der Waals surface area contributed by atoms with Gasteiger partial charge in [-0.05, 0) is 12.1 Å². The molecule has 2 heterocycles. The fourth-order valence-corrected chi connectivity index (χ4v) is 1.73. The number of likely N-dealkylation sites (N-methyl/N-ethyl adjacent to an activating group) is 1. The summed E-state index contributed by atoms with van der Waals surface area (Å²) >= 11 is 0. The molecule has 0 spiro atoms. The molecule has 10 heteroatoms. The van der Waals surface area contributed by atoms with Crippen molar-refractivity contribution in [2.75, 3.05) is 7.05 Å². The van der Waals surface area contributed by atoms with Crippen molar-refractivity contribution in [1.29, 1.82) is 0 Å². The quantitative estimate of drug-likeness (QED) is 0.766. The molecule has 0 unspecified atom stereocenters. The number of carbonyl (C=O) groups is 3. The first-order valence-corrected chi connectivity index (χ1v) is 5.58. The van der Waals surface area contributed by atoms with E-state index in [-0.39, 0.29) is 10.5 Å². The highest BCUT2D eigenvalue weighted by Crippen LogP contribution is 2.33. The van der Waals surface area contributed by atoms with Gasteiger partial charge in [0.25, 0.3) is 17.5 Å². The highest BCUT2D eigenvalue weighted by atomic mass is 19.4.